The average molecular weight is 321 g/mol. The van der Waals surface area contributed by atoms with E-state index in [1.54, 1.807) is 6.92 Å². The predicted octanol–water partition coefficient (Wildman–Crippen LogP) is 1.86. The van der Waals surface area contributed by atoms with Crippen LogP contribution in [0, 0.1) is 0 Å². The maximum atomic E-state index is 12.2. The van der Waals surface area contributed by atoms with Crippen LogP contribution in [-0.4, -0.2) is 71.3 Å². The lowest BCUT2D eigenvalue weighted by Crippen LogP contribution is -2.53. The monoisotopic (exact) mass is 321 g/mol. The highest BCUT2D eigenvalue weighted by molar-refractivity contribution is 5.74. The number of piperidine rings is 1. The van der Waals surface area contributed by atoms with Crippen LogP contribution in [0.1, 0.15) is 58.3 Å². The molecule has 3 aliphatic rings. The zero-order valence-electron chi connectivity index (χ0n) is 14.5. The third-order valence-electron chi connectivity index (χ3n) is 6.08. The van der Waals surface area contributed by atoms with Gasteiger partial charge in [-0.3, -0.25) is 14.5 Å². The minimum atomic E-state index is 0.267. The summed E-state index contributed by atoms with van der Waals surface area (Å²) < 4.78 is 0. The molecule has 1 saturated carbocycles. The summed E-state index contributed by atoms with van der Waals surface area (Å²) >= 11 is 0. The molecule has 0 spiro atoms. The number of hydrogen-bond acceptors (Lipinski definition) is 3. The molecule has 0 aromatic rings. The second-order valence-electron chi connectivity index (χ2n) is 7.53. The van der Waals surface area contributed by atoms with E-state index in [9.17, 15) is 9.59 Å². The Kier molecular flexibility index (Phi) is 5.57. The van der Waals surface area contributed by atoms with Crippen molar-refractivity contribution >= 4 is 12.3 Å². The van der Waals surface area contributed by atoms with E-state index < -0.39 is 0 Å². The maximum Gasteiger partial charge on any atom is 0.219 e. The summed E-state index contributed by atoms with van der Waals surface area (Å²) in [6.07, 6.45) is 10.5. The quantitative estimate of drug-likeness (QED) is 0.743. The van der Waals surface area contributed by atoms with Gasteiger partial charge < -0.3 is 9.80 Å². The molecule has 0 aromatic heterocycles. The van der Waals surface area contributed by atoms with Crippen molar-refractivity contribution in [1.82, 2.24) is 14.7 Å². The smallest absolute Gasteiger partial charge is 0.219 e. The lowest BCUT2D eigenvalue weighted by atomic mass is 9.91. The Balaban J connectivity index is 1.54. The summed E-state index contributed by atoms with van der Waals surface area (Å²) in [6.45, 7) is 5.67. The van der Waals surface area contributed by atoms with Gasteiger partial charge in [0.1, 0.15) is 0 Å². The van der Waals surface area contributed by atoms with Crippen LogP contribution >= 0.6 is 0 Å². The van der Waals surface area contributed by atoms with E-state index in [4.69, 9.17) is 0 Å². The zero-order chi connectivity index (χ0) is 16.2. The number of carbonyl (C=O) groups excluding carboxylic acids is 2. The van der Waals surface area contributed by atoms with Crippen LogP contribution in [-0.2, 0) is 9.59 Å². The number of nitrogens with zero attached hydrogens (tertiary/aromatic N) is 3. The average Bonchev–Trinajstić information content (AvgIpc) is 3.05. The molecule has 2 heterocycles. The largest absolute Gasteiger partial charge is 0.344 e. The molecule has 3 rings (SSSR count). The SMILES string of the molecule is CC(=O)N(C1CCCCC1)C1CCN(C2CCN(C=O)C2)CC1. The van der Waals surface area contributed by atoms with Gasteiger partial charge in [0, 0.05) is 51.2 Å². The van der Waals surface area contributed by atoms with Gasteiger partial charge in [-0.15, -0.1) is 0 Å². The van der Waals surface area contributed by atoms with Gasteiger partial charge in [-0.1, -0.05) is 19.3 Å². The lowest BCUT2D eigenvalue weighted by Gasteiger charge is -2.44. The molecule has 2 saturated heterocycles. The van der Waals surface area contributed by atoms with Crippen LogP contribution in [0.25, 0.3) is 0 Å². The van der Waals surface area contributed by atoms with Gasteiger partial charge in [-0.2, -0.15) is 0 Å². The second kappa shape index (κ2) is 7.65. The number of carbonyl (C=O) groups is 2. The van der Waals surface area contributed by atoms with Crippen LogP contribution in [0.4, 0.5) is 0 Å². The first-order valence-electron chi connectivity index (χ1n) is 9.41. The van der Waals surface area contributed by atoms with Crippen LogP contribution in [0.5, 0.6) is 0 Å². The molecular formula is C18H31N3O2. The molecule has 1 aliphatic carbocycles. The Morgan fingerprint density at radius 3 is 2.17 bits per heavy atom. The molecule has 2 aliphatic heterocycles. The summed E-state index contributed by atoms with van der Waals surface area (Å²) in [5.74, 6) is 0.267. The fraction of sp³-hybridized carbons (Fsp3) is 0.889. The van der Waals surface area contributed by atoms with Crippen LogP contribution in [0.15, 0.2) is 0 Å². The lowest BCUT2D eigenvalue weighted by molar-refractivity contribution is -0.136. The Labute approximate surface area is 140 Å². The molecule has 23 heavy (non-hydrogen) atoms. The van der Waals surface area contributed by atoms with Gasteiger partial charge in [0.05, 0.1) is 0 Å². The Hall–Kier alpha value is -1.10. The van der Waals surface area contributed by atoms with E-state index >= 15 is 0 Å². The number of rotatable bonds is 4. The van der Waals surface area contributed by atoms with Gasteiger partial charge in [0.25, 0.3) is 0 Å². The van der Waals surface area contributed by atoms with Gasteiger partial charge in [0.15, 0.2) is 0 Å². The minimum Gasteiger partial charge on any atom is -0.344 e. The Morgan fingerprint density at radius 2 is 1.61 bits per heavy atom. The van der Waals surface area contributed by atoms with Crippen LogP contribution < -0.4 is 0 Å². The fourth-order valence-corrected chi connectivity index (χ4v) is 4.86. The van der Waals surface area contributed by atoms with Gasteiger partial charge in [0.2, 0.25) is 12.3 Å². The van der Waals surface area contributed by atoms with Crippen molar-refractivity contribution in [3.8, 4) is 0 Å². The van der Waals surface area contributed by atoms with Gasteiger partial charge in [-0.25, -0.2) is 0 Å². The highest BCUT2D eigenvalue weighted by atomic mass is 16.2. The summed E-state index contributed by atoms with van der Waals surface area (Å²) in [7, 11) is 0. The van der Waals surface area contributed by atoms with E-state index in [0.29, 0.717) is 18.1 Å². The number of likely N-dealkylation sites (tertiary alicyclic amines) is 2. The molecule has 0 aromatic carbocycles. The van der Waals surface area contributed by atoms with Crippen molar-refractivity contribution < 1.29 is 9.59 Å². The molecule has 5 heteroatoms. The molecule has 1 unspecified atom stereocenters. The van der Waals surface area contributed by atoms with E-state index in [2.05, 4.69) is 9.80 Å². The maximum absolute atomic E-state index is 12.2. The zero-order valence-corrected chi connectivity index (χ0v) is 14.5. The van der Waals surface area contributed by atoms with Crippen LogP contribution in [0.2, 0.25) is 0 Å². The van der Waals surface area contributed by atoms with E-state index in [1.807, 2.05) is 4.90 Å². The molecule has 0 radical (unpaired) electrons. The third kappa shape index (κ3) is 3.87. The molecule has 5 nitrogen and oxygen atoms in total. The number of hydrogen-bond donors (Lipinski definition) is 0. The fourth-order valence-electron chi connectivity index (χ4n) is 4.86. The van der Waals surface area contributed by atoms with Crippen LogP contribution in [0.3, 0.4) is 0 Å². The van der Waals surface area contributed by atoms with Crippen molar-refractivity contribution in [3.05, 3.63) is 0 Å². The van der Waals surface area contributed by atoms with Crippen molar-refractivity contribution in [2.75, 3.05) is 26.2 Å². The number of amides is 2. The first-order chi connectivity index (χ1) is 11.2. The predicted molar refractivity (Wildman–Crippen MR) is 90.0 cm³/mol. The van der Waals surface area contributed by atoms with E-state index in [0.717, 1.165) is 51.9 Å². The molecule has 130 valence electrons. The molecule has 0 bridgehead atoms. The van der Waals surface area contributed by atoms with Crippen molar-refractivity contribution in [2.24, 2.45) is 0 Å². The highest BCUT2D eigenvalue weighted by Crippen LogP contribution is 2.29. The third-order valence-corrected chi connectivity index (χ3v) is 6.08. The first kappa shape index (κ1) is 16.7. The first-order valence-corrected chi connectivity index (χ1v) is 9.41. The Bertz CT molecular complexity index is 414. The molecule has 0 N–H and O–H groups in total. The summed E-state index contributed by atoms with van der Waals surface area (Å²) in [5, 5.41) is 0. The standard InChI is InChI=1S/C18H31N3O2/c1-15(23)21(16-5-3-2-4-6-16)17-8-11-20(12-9-17)18-7-10-19(13-18)14-22/h14,16-18H,2-13H2,1H3. The normalized spacial score (nSPS) is 28.0. The highest BCUT2D eigenvalue weighted by Gasteiger charge is 2.35. The van der Waals surface area contributed by atoms with Crippen molar-refractivity contribution in [3.63, 3.8) is 0 Å². The minimum absolute atomic E-state index is 0.267. The summed E-state index contributed by atoms with van der Waals surface area (Å²) in [4.78, 5) is 29.8. The van der Waals surface area contributed by atoms with Crippen molar-refractivity contribution in [2.45, 2.75) is 76.4 Å². The second-order valence-corrected chi connectivity index (χ2v) is 7.53. The van der Waals surface area contributed by atoms with Crippen molar-refractivity contribution in [1.29, 1.82) is 0 Å². The molecule has 2 amide bonds. The topological polar surface area (TPSA) is 43.9 Å². The molecule has 1 atom stereocenters. The summed E-state index contributed by atoms with van der Waals surface area (Å²) in [6, 6.07) is 1.44. The van der Waals surface area contributed by atoms with Gasteiger partial charge >= 0.3 is 0 Å². The van der Waals surface area contributed by atoms with E-state index in [1.165, 1.54) is 32.1 Å². The summed E-state index contributed by atoms with van der Waals surface area (Å²) in [5.41, 5.74) is 0. The Morgan fingerprint density at radius 1 is 0.957 bits per heavy atom. The molecule has 3 fully saturated rings. The van der Waals surface area contributed by atoms with Gasteiger partial charge in [-0.05, 0) is 32.1 Å². The van der Waals surface area contributed by atoms with E-state index in [-0.39, 0.29) is 5.91 Å². The molecular weight excluding hydrogens is 290 g/mol.